The standard InChI is InChI=1S/2C5H7NO.C5H7NS.2C4H6N2O.2C4H6N2S.5C3H5N3.5C2H6/c3*1-4-5(2)7-3-6-4;4*1-3-5-4(2)7-6-3;1-6-2-4-5-3-6;1-6-3-4-2-5-6;3*1-3-4-2-5-6-3;5*1-2/h3*3H,1-2H3;4*1-2H3;2*2-3H,1H3;3*2H,1H3,(H,4,5,6);5*1-2H3. The van der Waals surface area contributed by atoms with Crippen LogP contribution in [0.3, 0.4) is 0 Å². The van der Waals surface area contributed by atoms with Crippen LogP contribution in [-0.2, 0) is 14.1 Å². The molecule has 12 rings (SSSR count). The Morgan fingerprint density at radius 2 is 0.787 bits per heavy atom. The summed E-state index contributed by atoms with van der Waals surface area (Å²) in [4.78, 5) is 43.7. The van der Waals surface area contributed by atoms with Gasteiger partial charge in [-0.1, -0.05) is 79.6 Å². The fourth-order valence-corrected chi connectivity index (χ4v) is 5.55. The second-order valence-corrected chi connectivity index (χ2v) is 18.3. The average Bonchev–Trinajstić information content (AvgIpc) is 4.51. The molecule has 0 aliphatic rings. The predicted octanol–water partition coefficient (Wildman–Crippen LogP) is 13.1. The lowest BCUT2D eigenvalue weighted by atomic mass is 10.4. The third kappa shape index (κ3) is 55.5. The summed E-state index contributed by atoms with van der Waals surface area (Å²) >= 11 is 4.58. The lowest BCUT2D eigenvalue weighted by Crippen LogP contribution is -1.83. The number of H-pyrrole nitrogens is 3. The van der Waals surface area contributed by atoms with Crippen molar-refractivity contribution in [2.75, 3.05) is 0 Å². The molecule has 0 aliphatic carbocycles. The van der Waals surface area contributed by atoms with Crippen LogP contribution in [0.1, 0.15) is 165 Å². The fraction of sp³-hybridized carbons (Fsp3) is 0.518. The first-order valence-corrected chi connectivity index (χ1v) is 30.7. The van der Waals surface area contributed by atoms with Gasteiger partial charge in [-0.2, -0.15) is 39.1 Å². The van der Waals surface area contributed by atoms with E-state index in [-0.39, 0.29) is 0 Å². The van der Waals surface area contributed by atoms with Crippen LogP contribution in [0.5, 0.6) is 0 Å². The van der Waals surface area contributed by atoms with Crippen molar-refractivity contribution in [3.8, 4) is 0 Å². The molecule has 0 amide bonds. The van der Waals surface area contributed by atoms with Crippen LogP contribution in [0.2, 0.25) is 0 Å². The van der Waals surface area contributed by atoms with Gasteiger partial charge in [0, 0.05) is 32.8 Å². The highest BCUT2D eigenvalue weighted by Gasteiger charge is 1.94. The van der Waals surface area contributed by atoms with Gasteiger partial charge in [-0.25, -0.2) is 44.9 Å². The molecule has 33 heteroatoms. The zero-order valence-electron chi connectivity index (χ0n) is 57.9. The van der Waals surface area contributed by atoms with Crippen molar-refractivity contribution in [1.82, 2.24) is 129 Å². The third-order valence-electron chi connectivity index (χ3n) is 8.15. The molecule has 12 aromatic rings. The Balaban J connectivity index is -0.000000285. The molecule has 0 bridgehead atoms. The highest BCUT2D eigenvalue weighted by Crippen LogP contribution is 2.08. The molecule has 0 atom stereocenters. The Labute approximate surface area is 538 Å². The molecular formula is C56H100N26O4S3. The zero-order chi connectivity index (χ0) is 69.0. The van der Waals surface area contributed by atoms with Crippen LogP contribution in [0.15, 0.2) is 80.5 Å². The third-order valence-corrected chi connectivity index (χ3v) is 10.4. The number of aryl methyl sites for hydroxylation is 19. The summed E-state index contributed by atoms with van der Waals surface area (Å²) in [5.41, 5.74) is 4.97. The molecule has 30 nitrogen and oxygen atoms in total. The van der Waals surface area contributed by atoms with Gasteiger partial charge in [0.2, 0.25) is 11.8 Å². The summed E-state index contributed by atoms with van der Waals surface area (Å²) in [5.74, 6) is 8.76. The highest BCUT2D eigenvalue weighted by molar-refractivity contribution is 7.09. The average molecular weight is 1300 g/mol. The van der Waals surface area contributed by atoms with Gasteiger partial charge in [-0.15, -0.1) is 21.5 Å². The molecule has 12 heterocycles. The van der Waals surface area contributed by atoms with E-state index in [1.165, 1.54) is 66.0 Å². The number of nitrogens with one attached hydrogen (secondary N) is 3. The number of rotatable bonds is 0. The maximum absolute atomic E-state index is 4.85. The number of hydrogen-bond donors (Lipinski definition) is 3. The number of thiazole rings is 1. The normalized spacial score (nSPS) is 8.51. The van der Waals surface area contributed by atoms with Crippen molar-refractivity contribution in [2.45, 2.75) is 187 Å². The molecule has 0 unspecified atom stereocenters. The molecule has 496 valence electrons. The van der Waals surface area contributed by atoms with Crippen molar-refractivity contribution < 1.29 is 17.9 Å². The van der Waals surface area contributed by atoms with Crippen molar-refractivity contribution in [3.05, 3.63) is 159 Å². The second kappa shape index (κ2) is 60.8. The quantitative estimate of drug-likeness (QED) is 0.127. The molecule has 12 aromatic heterocycles. The Kier molecular flexibility index (Phi) is 60.8. The molecule has 3 N–H and O–H groups in total. The van der Waals surface area contributed by atoms with Gasteiger partial charge >= 0.3 is 0 Å². The Hall–Kier alpha value is -8.85. The lowest BCUT2D eigenvalue weighted by molar-refractivity contribution is 0.389. The van der Waals surface area contributed by atoms with E-state index >= 15 is 0 Å². The monoisotopic (exact) mass is 1300 g/mol. The molecule has 0 fully saturated rings. The molecular weight excluding hydrogens is 1200 g/mol. The summed E-state index contributed by atoms with van der Waals surface area (Å²) in [7, 11) is 3.70. The predicted molar refractivity (Wildman–Crippen MR) is 352 cm³/mol. The van der Waals surface area contributed by atoms with Gasteiger partial charge in [-0.3, -0.25) is 20.0 Å². The summed E-state index contributed by atoms with van der Waals surface area (Å²) in [5, 5.41) is 38.6. The van der Waals surface area contributed by atoms with Gasteiger partial charge in [0.25, 0.3) is 0 Å². The van der Waals surface area contributed by atoms with E-state index in [1.54, 1.807) is 67.3 Å². The van der Waals surface area contributed by atoms with Crippen molar-refractivity contribution in [3.63, 3.8) is 0 Å². The Morgan fingerprint density at radius 3 is 0.865 bits per heavy atom. The first-order chi connectivity index (χ1) is 42.5. The molecule has 0 spiro atoms. The number of oxazole rings is 2. The Morgan fingerprint density at radius 1 is 0.416 bits per heavy atom. The molecule has 0 aromatic carbocycles. The molecule has 0 radical (unpaired) electrons. The largest absolute Gasteiger partial charge is 0.449 e. The fourth-order valence-electron chi connectivity index (χ4n) is 4.00. The number of hydrogen-bond acceptors (Lipinski definition) is 28. The van der Waals surface area contributed by atoms with Gasteiger partial charge in [0.05, 0.1) is 22.6 Å². The lowest BCUT2D eigenvalue weighted by Gasteiger charge is -1.77. The maximum atomic E-state index is 4.85. The van der Waals surface area contributed by atoms with Gasteiger partial charge < -0.3 is 22.4 Å². The van der Waals surface area contributed by atoms with Crippen molar-refractivity contribution in [2.24, 2.45) is 14.1 Å². The highest BCUT2D eigenvalue weighted by atomic mass is 32.1. The van der Waals surface area contributed by atoms with E-state index in [0.29, 0.717) is 23.4 Å². The van der Waals surface area contributed by atoms with Crippen LogP contribution in [0, 0.1) is 118 Å². The number of aromatic nitrogens is 26. The van der Waals surface area contributed by atoms with Crippen LogP contribution >= 0.6 is 34.4 Å². The topological polar surface area (TPSA) is 380 Å². The van der Waals surface area contributed by atoms with Crippen LogP contribution in [-0.4, -0.2) is 129 Å². The summed E-state index contributed by atoms with van der Waals surface area (Å²) in [6.07, 6.45) is 13.8. The molecule has 0 saturated carbocycles. The maximum Gasteiger partial charge on any atom is 0.223 e. The smallest absolute Gasteiger partial charge is 0.223 e. The SMILES string of the molecule is CC.CC.CC.CC.CC.Cc1ncn[nH]1.Cc1ncn[nH]1.Cc1ncn[nH]1.Cc1ncoc1C.Cc1ncoc1C.Cc1ncsc1C.Cc1noc(C)n1.Cc1noc(C)n1.Cc1nsc(C)n1.Cc1nsc(C)n1.Cn1cncn1.Cn1cnnc1. The second-order valence-electron chi connectivity index (χ2n) is 15.3. The van der Waals surface area contributed by atoms with Crippen LogP contribution < -0.4 is 0 Å². The van der Waals surface area contributed by atoms with E-state index < -0.39 is 0 Å². The van der Waals surface area contributed by atoms with Crippen molar-refractivity contribution in [1.29, 1.82) is 0 Å². The van der Waals surface area contributed by atoms with Gasteiger partial charge in [0.1, 0.15) is 94.9 Å². The Bertz CT molecular complexity index is 2670. The minimum absolute atomic E-state index is 0.623. The number of nitrogens with zero attached hydrogens (tertiary/aromatic N) is 23. The minimum atomic E-state index is 0.623. The van der Waals surface area contributed by atoms with Crippen molar-refractivity contribution >= 4 is 34.4 Å². The molecule has 89 heavy (non-hydrogen) atoms. The first-order valence-electron chi connectivity index (χ1n) is 28.2. The van der Waals surface area contributed by atoms with Gasteiger partial charge in [0.15, 0.2) is 24.4 Å². The zero-order valence-corrected chi connectivity index (χ0v) is 60.4. The summed E-state index contributed by atoms with van der Waals surface area (Å²) < 4.78 is 30.2. The van der Waals surface area contributed by atoms with E-state index in [9.17, 15) is 0 Å². The van der Waals surface area contributed by atoms with E-state index in [2.05, 4.69) is 136 Å². The van der Waals surface area contributed by atoms with E-state index in [4.69, 9.17) is 8.83 Å². The van der Waals surface area contributed by atoms with Crippen LogP contribution in [0.4, 0.5) is 0 Å². The molecule has 0 aliphatic heterocycles. The minimum Gasteiger partial charge on any atom is -0.449 e. The summed E-state index contributed by atoms with van der Waals surface area (Å²) in [6.45, 7) is 52.1. The first kappa shape index (κ1) is 88.9. The molecule has 0 saturated heterocycles. The van der Waals surface area contributed by atoms with Crippen LogP contribution in [0.25, 0.3) is 0 Å². The van der Waals surface area contributed by atoms with E-state index in [0.717, 1.165) is 67.7 Å². The van der Waals surface area contributed by atoms with Gasteiger partial charge in [-0.05, 0) is 127 Å². The van der Waals surface area contributed by atoms with E-state index in [1.807, 2.05) is 172 Å². The number of aromatic amines is 3. The summed E-state index contributed by atoms with van der Waals surface area (Å²) in [6, 6.07) is 0.